The van der Waals surface area contributed by atoms with Crippen LogP contribution in [0.15, 0.2) is 53.4 Å². The molecule has 3 aromatic rings. The van der Waals surface area contributed by atoms with Crippen LogP contribution in [0.2, 0.25) is 0 Å². The van der Waals surface area contributed by atoms with Crippen LogP contribution in [0.5, 0.6) is 0 Å². The van der Waals surface area contributed by atoms with Crippen molar-refractivity contribution in [1.29, 1.82) is 0 Å². The Hall–Kier alpha value is -3.76. The first kappa shape index (κ1) is 34.6. The SMILES string of the molecule is CC(C)(C)OC(=O)N[C@@H](Cc1ccccc1)[C@H](O)CN(OC1CCCC1)S(=O)(=O)c1ccc2nc(NC(=O)N3CCOCC3)[nH]c2c1. The predicted octanol–water partition coefficient (Wildman–Crippen LogP) is 3.79. The molecule has 0 radical (unpaired) electrons. The molecule has 2 aromatic carbocycles. The number of rotatable bonds is 11. The lowest BCUT2D eigenvalue weighted by molar-refractivity contribution is -0.145. The number of nitrogens with one attached hydrogen (secondary N) is 3. The zero-order valence-electron chi connectivity index (χ0n) is 27.0. The third-order valence-electron chi connectivity index (χ3n) is 7.91. The maximum Gasteiger partial charge on any atom is 0.407 e. The number of ether oxygens (including phenoxy) is 2. The van der Waals surface area contributed by atoms with Gasteiger partial charge in [-0.15, -0.1) is 0 Å². The second-order valence-electron chi connectivity index (χ2n) is 12.8. The number of alkyl carbamates (subject to hydrolysis) is 1. The first-order chi connectivity index (χ1) is 22.4. The van der Waals surface area contributed by atoms with Crippen LogP contribution in [0.4, 0.5) is 15.5 Å². The number of amides is 3. The number of anilines is 1. The summed E-state index contributed by atoms with van der Waals surface area (Å²) in [7, 11) is -4.32. The Balaban J connectivity index is 1.38. The van der Waals surface area contributed by atoms with Crippen LogP contribution < -0.4 is 10.6 Å². The number of hydrogen-bond donors (Lipinski definition) is 4. The Morgan fingerprint density at radius 1 is 1.13 bits per heavy atom. The van der Waals surface area contributed by atoms with Crippen LogP contribution in [0.3, 0.4) is 0 Å². The van der Waals surface area contributed by atoms with E-state index < -0.39 is 40.4 Å². The lowest BCUT2D eigenvalue weighted by Crippen LogP contribution is -2.51. The average molecular weight is 673 g/mol. The summed E-state index contributed by atoms with van der Waals surface area (Å²) in [5, 5.41) is 17.0. The lowest BCUT2D eigenvalue weighted by Gasteiger charge is -2.31. The van der Waals surface area contributed by atoms with Gasteiger partial charge in [-0.3, -0.25) is 10.2 Å². The van der Waals surface area contributed by atoms with E-state index in [1.165, 1.54) is 18.2 Å². The molecule has 0 bridgehead atoms. The zero-order chi connectivity index (χ0) is 33.6. The number of aliphatic hydroxyl groups is 1. The van der Waals surface area contributed by atoms with Gasteiger partial charge in [0.05, 0.1) is 53.9 Å². The first-order valence-electron chi connectivity index (χ1n) is 15.9. The molecule has 1 aromatic heterocycles. The highest BCUT2D eigenvalue weighted by atomic mass is 32.2. The van der Waals surface area contributed by atoms with E-state index in [1.54, 1.807) is 25.7 Å². The molecule has 1 saturated carbocycles. The van der Waals surface area contributed by atoms with E-state index in [2.05, 4.69) is 20.6 Å². The molecule has 2 atom stereocenters. The number of sulfonamides is 1. The molecule has 14 nitrogen and oxygen atoms in total. The highest BCUT2D eigenvalue weighted by molar-refractivity contribution is 7.89. The Kier molecular flexibility index (Phi) is 11.0. The van der Waals surface area contributed by atoms with Gasteiger partial charge in [0, 0.05) is 13.1 Å². The van der Waals surface area contributed by atoms with E-state index in [4.69, 9.17) is 14.3 Å². The van der Waals surface area contributed by atoms with Crippen LogP contribution in [0.25, 0.3) is 11.0 Å². The maximum atomic E-state index is 14.1. The number of urea groups is 1. The highest BCUT2D eigenvalue weighted by Gasteiger charge is 2.35. The smallest absolute Gasteiger partial charge is 0.407 e. The Labute approximate surface area is 274 Å². The van der Waals surface area contributed by atoms with E-state index >= 15 is 0 Å². The summed E-state index contributed by atoms with van der Waals surface area (Å²) in [5.41, 5.74) is 0.899. The topological polar surface area (TPSA) is 175 Å². The van der Waals surface area contributed by atoms with Crippen molar-refractivity contribution in [1.82, 2.24) is 24.7 Å². The number of nitrogens with zero attached hydrogens (tertiary/aromatic N) is 3. The van der Waals surface area contributed by atoms with Gasteiger partial charge >= 0.3 is 12.1 Å². The minimum absolute atomic E-state index is 0.0930. The number of fused-ring (bicyclic) bond motifs is 1. The number of aromatic amines is 1. The normalized spacial score (nSPS) is 17.5. The molecule has 256 valence electrons. The third kappa shape index (κ3) is 9.41. The molecular formula is C32H44N6O8S. The molecule has 2 heterocycles. The molecule has 15 heteroatoms. The van der Waals surface area contributed by atoms with Crippen molar-refractivity contribution >= 4 is 39.1 Å². The number of carbonyl (C=O) groups is 2. The van der Waals surface area contributed by atoms with Gasteiger partial charge in [-0.05, 0) is 63.8 Å². The fourth-order valence-corrected chi connectivity index (χ4v) is 6.85. The first-order valence-corrected chi connectivity index (χ1v) is 17.4. The Morgan fingerprint density at radius 2 is 1.83 bits per heavy atom. The molecular weight excluding hydrogens is 628 g/mol. The van der Waals surface area contributed by atoms with Crippen LogP contribution >= 0.6 is 0 Å². The molecule has 2 fully saturated rings. The van der Waals surface area contributed by atoms with Crippen molar-refractivity contribution in [2.75, 3.05) is 38.2 Å². The lowest BCUT2D eigenvalue weighted by atomic mass is 10.0. The van der Waals surface area contributed by atoms with Gasteiger partial charge in [0.15, 0.2) is 0 Å². The Morgan fingerprint density at radius 3 is 2.51 bits per heavy atom. The molecule has 1 saturated heterocycles. The Bertz CT molecular complexity index is 1620. The number of H-pyrrole nitrogens is 1. The van der Waals surface area contributed by atoms with Crippen LogP contribution in [0.1, 0.15) is 52.0 Å². The van der Waals surface area contributed by atoms with Gasteiger partial charge in [0.25, 0.3) is 10.0 Å². The predicted molar refractivity (Wildman–Crippen MR) is 174 cm³/mol. The fourth-order valence-electron chi connectivity index (χ4n) is 5.52. The number of aliphatic hydroxyl groups excluding tert-OH is 1. The van der Waals surface area contributed by atoms with Crippen molar-refractivity contribution in [3.63, 3.8) is 0 Å². The van der Waals surface area contributed by atoms with Gasteiger partial charge in [0.2, 0.25) is 5.95 Å². The molecule has 47 heavy (non-hydrogen) atoms. The van der Waals surface area contributed by atoms with E-state index in [9.17, 15) is 23.1 Å². The molecule has 1 aliphatic carbocycles. The average Bonchev–Trinajstić information content (AvgIpc) is 3.69. The number of imidazole rings is 1. The summed E-state index contributed by atoms with van der Waals surface area (Å²) in [6.45, 7) is 6.56. The van der Waals surface area contributed by atoms with E-state index in [0.29, 0.717) is 50.2 Å². The second kappa shape index (κ2) is 15.0. The zero-order valence-corrected chi connectivity index (χ0v) is 27.8. The molecule has 1 aliphatic heterocycles. The van der Waals surface area contributed by atoms with Crippen molar-refractivity contribution in [2.24, 2.45) is 0 Å². The number of benzene rings is 2. The molecule has 3 amide bonds. The molecule has 0 unspecified atom stereocenters. The van der Waals surface area contributed by atoms with Crippen molar-refractivity contribution < 1.29 is 37.4 Å². The van der Waals surface area contributed by atoms with Crippen LogP contribution in [0, 0.1) is 0 Å². The standard InChI is InChI=1S/C32H44N6O8S/c1-32(2,3)45-31(41)35-27(19-22-9-5-4-6-10-22)28(39)21-38(46-23-11-7-8-12-23)47(42,43)24-13-14-25-26(20-24)34-29(33-25)36-30(40)37-15-17-44-18-16-37/h4-6,9-10,13-14,20,23,27-28,39H,7-8,11-12,15-19,21H2,1-3H3,(H,35,41)(H2,33,34,36,40)/t27-,28+/m0/s1. The number of morpholine rings is 1. The summed E-state index contributed by atoms with van der Waals surface area (Å²) in [4.78, 5) is 40.4. The molecule has 5 rings (SSSR count). The number of hydrogen-bond acceptors (Lipinski definition) is 9. The summed E-state index contributed by atoms with van der Waals surface area (Å²) >= 11 is 0. The fraction of sp³-hybridized carbons (Fsp3) is 0.531. The number of hydroxylamine groups is 1. The molecule has 2 aliphatic rings. The van der Waals surface area contributed by atoms with Crippen LogP contribution in [-0.2, 0) is 30.8 Å². The van der Waals surface area contributed by atoms with Crippen molar-refractivity contribution in [2.45, 2.75) is 81.6 Å². The summed E-state index contributed by atoms with van der Waals surface area (Å²) in [5.74, 6) is 0.178. The molecule has 4 N–H and O–H groups in total. The third-order valence-corrected chi connectivity index (χ3v) is 9.53. The van der Waals surface area contributed by atoms with Crippen molar-refractivity contribution in [3.05, 3.63) is 54.1 Å². The minimum Gasteiger partial charge on any atom is -0.444 e. The van der Waals surface area contributed by atoms with Gasteiger partial charge < -0.3 is 29.8 Å². The van der Waals surface area contributed by atoms with Gasteiger partial charge in [-0.2, -0.15) is 0 Å². The van der Waals surface area contributed by atoms with Gasteiger partial charge in [-0.1, -0.05) is 47.6 Å². The largest absolute Gasteiger partial charge is 0.444 e. The second-order valence-corrected chi connectivity index (χ2v) is 14.6. The van der Waals surface area contributed by atoms with Crippen molar-refractivity contribution in [3.8, 4) is 0 Å². The number of aromatic nitrogens is 2. The van der Waals surface area contributed by atoms with Gasteiger partial charge in [0.1, 0.15) is 5.60 Å². The highest BCUT2D eigenvalue weighted by Crippen LogP contribution is 2.28. The van der Waals surface area contributed by atoms with E-state index in [1.807, 2.05) is 30.3 Å². The summed E-state index contributed by atoms with van der Waals surface area (Å²) < 4.78 is 39.8. The summed E-state index contributed by atoms with van der Waals surface area (Å²) in [6.07, 6.45) is 0.934. The minimum atomic E-state index is -4.32. The van der Waals surface area contributed by atoms with Crippen LogP contribution in [-0.4, -0.2) is 102 Å². The quantitative estimate of drug-likeness (QED) is 0.221. The van der Waals surface area contributed by atoms with E-state index in [0.717, 1.165) is 22.9 Å². The summed E-state index contributed by atoms with van der Waals surface area (Å²) in [6, 6.07) is 12.4. The molecule has 0 spiro atoms. The number of carbonyl (C=O) groups excluding carboxylic acids is 2. The van der Waals surface area contributed by atoms with Gasteiger partial charge in [-0.25, -0.2) is 23.0 Å². The monoisotopic (exact) mass is 672 g/mol. The maximum absolute atomic E-state index is 14.1. The van der Waals surface area contributed by atoms with E-state index in [-0.39, 0.29) is 29.4 Å².